The van der Waals surface area contributed by atoms with Gasteiger partial charge >= 0.3 is 0 Å². The van der Waals surface area contributed by atoms with Crippen LogP contribution in [0, 0.1) is 0 Å². The molecule has 0 saturated carbocycles. The van der Waals surface area contributed by atoms with Crippen LogP contribution < -0.4 is 18.9 Å². The van der Waals surface area contributed by atoms with E-state index in [2.05, 4.69) is 19.6 Å². The molecule has 4 heterocycles. The van der Waals surface area contributed by atoms with Crippen LogP contribution in [0.1, 0.15) is 197 Å². The van der Waals surface area contributed by atoms with Crippen molar-refractivity contribution in [2.45, 2.75) is 178 Å². The predicted octanol–water partition coefficient (Wildman–Crippen LogP) is 17.7. The molecule has 4 atom stereocenters. The third-order valence-corrected chi connectivity index (χ3v) is 19.5. The number of methoxy groups -OCH3 is 4. The third kappa shape index (κ3) is 17.3. The Labute approximate surface area is 531 Å². The smallest absolute Gasteiger partial charge is 0.122 e. The first kappa shape index (κ1) is 71.7. The average molecular weight is 1280 g/mol. The number of rotatable bonds is 8. The zero-order valence-electron chi connectivity index (χ0n) is 48.6. The summed E-state index contributed by atoms with van der Waals surface area (Å²) in [6, 6.07) is 18.1. The van der Waals surface area contributed by atoms with Crippen LogP contribution >= 0.6 is 96.0 Å². The summed E-state index contributed by atoms with van der Waals surface area (Å²) < 4.78 is 22.1. The molecule has 4 aliphatic heterocycles. The number of hydrogen-bond acceptors (Lipinski definition) is 8. The zero-order valence-corrected chi connectivity index (χ0v) is 54.9. The molecule has 4 unspecified atom stereocenters. The fraction of sp³-hybridized carbons (Fsp3) is 0.625. The topological polar surface area (TPSA) is 81.4 Å². The number of ether oxygens (including phenoxy) is 4. The van der Waals surface area contributed by atoms with E-state index >= 15 is 0 Å². The Kier molecular flexibility index (Phi) is 31.6. The maximum Gasteiger partial charge on any atom is 0.122 e. The molecule has 0 aromatic heterocycles. The lowest BCUT2D eigenvalue weighted by Crippen LogP contribution is -2.35. The van der Waals surface area contributed by atoms with E-state index < -0.39 is 0 Å². The summed E-state index contributed by atoms with van der Waals surface area (Å²) in [5.41, 5.74) is 10.7. The molecular formula is C64H94Cl8N4O5. The SMILES string of the molecule is COc1ccc(Cl)c2c1CCCC2N1CCCCC1.COc1ccc(Cl)c2c1CCCC2N1CCCCC1.COc1ccc(Cl)c2c1CCCC2N1CCCCC1.COc1ccc(Cl)c2c1CCCC2N1CCCCC1.Cl.Cl.Cl.Cl.O. The summed E-state index contributed by atoms with van der Waals surface area (Å²) in [6.07, 6.45) is 30.4. The van der Waals surface area contributed by atoms with Crippen LogP contribution in [0.2, 0.25) is 20.1 Å². The quantitative estimate of drug-likeness (QED) is 0.173. The highest BCUT2D eigenvalue weighted by molar-refractivity contribution is 6.32. The molecule has 81 heavy (non-hydrogen) atoms. The summed E-state index contributed by atoms with van der Waals surface area (Å²) in [5, 5.41) is 3.69. The highest BCUT2D eigenvalue weighted by Crippen LogP contribution is 2.47. The van der Waals surface area contributed by atoms with Crippen LogP contribution in [-0.2, 0) is 25.7 Å². The molecule has 0 radical (unpaired) electrons. The summed E-state index contributed by atoms with van der Waals surface area (Å²) in [6.45, 7) is 9.76. The zero-order chi connectivity index (χ0) is 53.0. The van der Waals surface area contributed by atoms with Gasteiger partial charge in [-0.1, -0.05) is 72.1 Å². The molecule has 0 amide bonds. The molecule has 2 N–H and O–H groups in total. The molecule has 4 aromatic carbocycles. The van der Waals surface area contributed by atoms with Crippen molar-refractivity contribution in [3.8, 4) is 23.0 Å². The summed E-state index contributed by atoms with van der Waals surface area (Å²) in [7, 11) is 7.03. The Hall–Kier alpha value is -1.80. The Morgan fingerprint density at radius 3 is 0.654 bits per heavy atom. The van der Waals surface area contributed by atoms with Crippen molar-refractivity contribution in [1.82, 2.24) is 19.6 Å². The molecule has 4 aliphatic carbocycles. The van der Waals surface area contributed by atoms with Gasteiger partial charge in [0.15, 0.2) is 0 Å². The van der Waals surface area contributed by atoms with Crippen molar-refractivity contribution >= 4 is 96.0 Å². The number of hydrogen-bond donors (Lipinski definition) is 0. The van der Waals surface area contributed by atoms with Crippen LogP contribution in [0.25, 0.3) is 0 Å². The maximum absolute atomic E-state index is 6.50. The molecule has 9 nitrogen and oxygen atoms in total. The minimum absolute atomic E-state index is 0. The number of likely N-dealkylation sites (tertiary alicyclic amines) is 4. The molecule has 4 saturated heterocycles. The van der Waals surface area contributed by atoms with Gasteiger partial charge in [-0.25, -0.2) is 0 Å². The first-order chi connectivity index (χ1) is 37.2. The first-order valence-corrected chi connectivity index (χ1v) is 31.1. The maximum atomic E-state index is 6.50. The van der Waals surface area contributed by atoms with Gasteiger partial charge in [0.1, 0.15) is 23.0 Å². The highest BCUT2D eigenvalue weighted by Gasteiger charge is 2.35. The van der Waals surface area contributed by atoms with Gasteiger partial charge in [0.25, 0.3) is 0 Å². The molecule has 0 spiro atoms. The van der Waals surface area contributed by atoms with E-state index in [0.29, 0.717) is 24.2 Å². The van der Waals surface area contributed by atoms with E-state index in [0.717, 1.165) is 68.8 Å². The van der Waals surface area contributed by atoms with E-state index in [1.54, 1.807) is 28.4 Å². The lowest BCUT2D eigenvalue weighted by atomic mass is 9.85. The summed E-state index contributed by atoms with van der Waals surface area (Å²) >= 11 is 26.0. The molecule has 4 aromatic rings. The molecule has 4 fully saturated rings. The van der Waals surface area contributed by atoms with Crippen molar-refractivity contribution in [2.24, 2.45) is 0 Å². The number of nitrogens with zero attached hydrogens (tertiary/aromatic N) is 4. The second-order valence-corrected chi connectivity index (χ2v) is 24.2. The van der Waals surface area contributed by atoms with Crippen molar-refractivity contribution in [3.05, 3.63) is 113 Å². The Bertz CT molecular complexity index is 2180. The van der Waals surface area contributed by atoms with Crippen LogP contribution in [0.5, 0.6) is 23.0 Å². The molecule has 12 rings (SSSR count). The van der Waals surface area contributed by atoms with Crippen LogP contribution in [0.15, 0.2) is 48.5 Å². The minimum Gasteiger partial charge on any atom is -0.496 e. The van der Waals surface area contributed by atoms with Gasteiger partial charge in [-0.3, -0.25) is 19.6 Å². The van der Waals surface area contributed by atoms with Gasteiger partial charge in [0.2, 0.25) is 0 Å². The second-order valence-electron chi connectivity index (χ2n) is 22.6. The molecule has 17 heteroatoms. The van der Waals surface area contributed by atoms with Gasteiger partial charge < -0.3 is 24.4 Å². The normalized spacial score (nSPS) is 22.5. The van der Waals surface area contributed by atoms with E-state index in [-0.39, 0.29) is 55.1 Å². The summed E-state index contributed by atoms with van der Waals surface area (Å²) in [5.74, 6) is 4.06. The number of halogens is 8. The number of fused-ring (bicyclic) bond motifs is 4. The average Bonchev–Trinajstić information content (AvgIpc) is 3.48. The van der Waals surface area contributed by atoms with Gasteiger partial charge in [-0.15, -0.1) is 49.6 Å². The van der Waals surface area contributed by atoms with Gasteiger partial charge in [-0.2, -0.15) is 0 Å². The Balaban J connectivity index is 0.000000228. The summed E-state index contributed by atoms with van der Waals surface area (Å²) in [4.78, 5) is 10.5. The predicted molar refractivity (Wildman–Crippen MR) is 349 cm³/mol. The van der Waals surface area contributed by atoms with Gasteiger partial charge in [-0.05, 0) is 252 Å². The van der Waals surface area contributed by atoms with Crippen molar-refractivity contribution in [1.29, 1.82) is 0 Å². The molecule has 456 valence electrons. The lowest BCUT2D eigenvalue weighted by Gasteiger charge is -2.38. The van der Waals surface area contributed by atoms with E-state index in [9.17, 15) is 0 Å². The minimum atomic E-state index is 0. The van der Waals surface area contributed by atoms with Gasteiger partial charge in [0, 0.05) is 66.5 Å². The number of piperidine rings is 4. The second kappa shape index (κ2) is 35.7. The van der Waals surface area contributed by atoms with E-state index in [1.807, 2.05) is 48.5 Å². The van der Waals surface area contributed by atoms with E-state index in [4.69, 9.17) is 65.4 Å². The molecular weight excluding hydrogens is 1190 g/mol. The Morgan fingerprint density at radius 1 is 0.296 bits per heavy atom. The monoisotopic (exact) mass is 1280 g/mol. The van der Waals surface area contributed by atoms with Crippen molar-refractivity contribution in [2.75, 3.05) is 80.8 Å². The molecule has 0 bridgehead atoms. The van der Waals surface area contributed by atoms with Crippen LogP contribution in [0.3, 0.4) is 0 Å². The van der Waals surface area contributed by atoms with Crippen LogP contribution in [-0.4, -0.2) is 106 Å². The fourth-order valence-electron chi connectivity index (χ4n) is 14.5. The highest BCUT2D eigenvalue weighted by atomic mass is 35.5. The first-order valence-electron chi connectivity index (χ1n) is 29.6. The number of benzene rings is 4. The standard InChI is InChI=1S/4C16H22ClNO.4ClH.H2O/c4*1-19-15-9-8-13(17)16-12(15)6-5-7-14(16)18-10-3-2-4-11-18;;;;;/h4*8-9,14H,2-7,10-11H2,1H3;4*1H;1H2. The van der Waals surface area contributed by atoms with Crippen molar-refractivity contribution < 1.29 is 24.4 Å². The fourth-order valence-corrected chi connectivity index (χ4v) is 15.8. The largest absolute Gasteiger partial charge is 0.496 e. The third-order valence-electron chi connectivity index (χ3n) is 18.2. The van der Waals surface area contributed by atoms with Crippen LogP contribution in [0.4, 0.5) is 0 Å². The Morgan fingerprint density at radius 2 is 0.481 bits per heavy atom. The van der Waals surface area contributed by atoms with E-state index in [1.165, 1.54) is 225 Å². The molecule has 8 aliphatic rings. The van der Waals surface area contributed by atoms with Gasteiger partial charge in [0.05, 0.1) is 28.4 Å². The lowest BCUT2D eigenvalue weighted by molar-refractivity contribution is 0.148. The van der Waals surface area contributed by atoms with Crippen molar-refractivity contribution in [3.63, 3.8) is 0 Å².